The molecule has 17 heavy (non-hydrogen) atoms. The summed E-state index contributed by atoms with van der Waals surface area (Å²) in [5.41, 5.74) is -1.01. The highest BCUT2D eigenvalue weighted by atomic mass is 19.4. The molecule has 0 aliphatic heterocycles. The molecule has 0 aliphatic rings. The van der Waals surface area contributed by atoms with Crippen LogP contribution >= 0.6 is 0 Å². The molecule has 0 fully saturated rings. The summed E-state index contributed by atoms with van der Waals surface area (Å²) >= 11 is 0. The van der Waals surface area contributed by atoms with Crippen molar-refractivity contribution in [2.45, 2.75) is 19.2 Å². The van der Waals surface area contributed by atoms with Crippen LogP contribution in [0.5, 0.6) is 5.75 Å². The molecule has 0 heterocycles. The highest BCUT2D eigenvalue weighted by Crippen LogP contribution is 2.37. The Hall–Kier alpha value is -1.96. The van der Waals surface area contributed by atoms with E-state index in [1.165, 1.54) is 12.1 Å². The van der Waals surface area contributed by atoms with Crippen molar-refractivity contribution in [3.63, 3.8) is 0 Å². The molecule has 0 bridgehead atoms. The van der Waals surface area contributed by atoms with Crippen LogP contribution in [-0.4, -0.2) is 6.10 Å². The van der Waals surface area contributed by atoms with Crippen LogP contribution in [-0.2, 0) is 6.18 Å². The number of ether oxygens (including phenoxy) is 1. The van der Waals surface area contributed by atoms with Crippen molar-refractivity contribution >= 4 is 0 Å². The summed E-state index contributed by atoms with van der Waals surface area (Å²) < 4.78 is 43.2. The van der Waals surface area contributed by atoms with Gasteiger partial charge in [-0.1, -0.05) is 12.7 Å². The maximum Gasteiger partial charge on any atom is 0.420 e. The minimum absolute atomic E-state index is 0.0593. The molecule has 1 atom stereocenters. The number of halogens is 3. The average molecular weight is 241 g/mol. The fraction of sp³-hybridized carbons (Fsp3) is 0.250. The van der Waals surface area contributed by atoms with E-state index in [0.29, 0.717) is 0 Å². The standard InChI is InChI=1S/C12H10F3NO/c1-3-8(2)17-11-5-4-9(7-16)6-10(11)12(13,14)15/h3-6,8H,1H2,2H3. The van der Waals surface area contributed by atoms with E-state index in [-0.39, 0.29) is 11.3 Å². The predicted molar refractivity (Wildman–Crippen MR) is 56.4 cm³/mol. The molecular weight excluding hydrogens is 231 g/mol. The third kappa shape index (κ3) is 3.25. The van der Waals surface area contributed by atoms with Crippen LogP contribution in [0.1, 0.15) is 18.1 Å². The van der Waals surface area contributed by atoms with Gasteiger partial charge in [0, 0.05) is 0 Å². The van der Waals surface area contributed by atoms with E-state index in [0.717, 1.165) is 12.1 Å². The van der Waals surface area contributed by atoms with Crippen LogP contribution in [0.2, 0.25) is 0 Å². The molecule has 0 saturated heterocycles. The zero-order valence-electron chi connectivity index (χ0n) is 9.08. The number of nitriles is 1. The van der Waals surface area contributed by atoms with Crippen LogP contribution in [0.3, 0.4) is 0 Å². The molecule has 5 heteroatoms. The third-order valence-electron chi connectivity index (χ3n) is 2.06. The first kappa shape index (κ1) is 13.1. The van der Waals surface area contributed by atoms with Crippen LogP contribution in [0.25, 0.3) is 0 Å². The van der Waals surface area contributed by atoms with Gasteiger partial charge in [0.2, 0.25) is 0 Å². The number of rotatable bonds is 3. The number of nitrogens with zero attached hydrogens (tertiary/aromatic N) is 1. The van der Waals surface area contributed by atoms with E-state index in [9.17, 15) is 13.2 Å². The Morgan fingerprint density at radius 3 is 2.59 bits per heavy atom. The summed E-state index contributed by atoms with van der Waals surface area (Å²) in [6, 6.07) is 4.85. The Labute approximate surface area is 96.9 Å². The third-order valence-corrected chi connectivity index (χ3v) is 2.06. The van der Waals surface area contributed by atoms with Gasteiger partial charge in [-0.05, 0) is 25.1 Å². The van der Waals surface area contributed by atoms with Crippen molar-refractivity contribution in [1.82, 2.24) is 0 Å². The fourth-order valence-electron chi connectivity index (χ4n) is 1.17. The summed E-state index contributed by atoms with van der Waals surface area (Å²) in [6.07, 6.45) is -3.70. The Morgan fingerprint density at radius 2 is 2.12 bits per heavy atom. The number of benzene rings is 1. The van der Waals surface area contributed by atoms with Gasteiger partial charge in [0.05, 0.1) is 17.2 Å². The van der Waals surface area contributed by atoms with E-state index < -0.39 is 17.8 Å². The Bertz CT molecular complexity index is 460. The molecule has 2 nitrogen and oxygen atoms in total. The topological polar surface area (TPSA) is 33.0 Å². The van der Waals surface area contributed by atoms with Crippen molar-refractivity contribution in [2.75, 3.05) is 0 Å². The second-order valence-electron chi connectivity index (χ2n) is 3.38. The molecule has 0 N–H and O–H groups in total. The van der Waals surface area contributed by atoms with Gasteiger partial charge in [0.1, 0.15) is 11.9 Å². The smallest absolute Gasteiger partial charge is 0.420 e. The monoisotopic (exact) mass is 241 g/mol. The second-order valence-corrected chi connectivity index (χ2v) is 3.38. The van der Waals surface area contributed by atoms with Gasteiger partial charge in [-0.2, -0.15) is 18.4 Å². The molecule has 1 rings (SSSR count). The Morgan fingerprint density at radius 1 is 1.47 bits per heavy atom. The van der Waals surface area contributed by atoms with Crippen LogP contribution in [0.4, 0.5) is 13.2 Å². The second kappa shape index (κ2) is 4.91. The van der Waals surface area contributed by atoms with E-state index in [1.807, 2.05) is 0 Å². The first-order valence-corrected chi connectivity index (χ1v) is 4.79. The quantitative estimate of drug-likeness (QED) is 0.758. The lowest BCUT2D eigenvalue weighted by Gasteiger charge is -2.16. The van der Waals surface area contributed by atoms with Crippen molar-refractivity contribution in [1.29, 1.82) is 5.26 Å². The first-order chi connectivity index (χ1) is 7.88. The predicted octanol–water partition coefficient (Wildman–Crippen LogP) is 3.53. The molecule has 0 amide bonds. The normalized spacial score (nSPS) is 12.6. The van der Waals surface area contributed by atoms with Crippen molar-refractivity contribution in [3.05, 3.63) is 42.0 Å². The van der Waals surface area contributed by atoms with Crippen LogP contribution in [0.15, 0.2) is 30.9 Å². The van der Waals surface area contributed by atoms with E-state index in [2.05, 4.69) is 6.58 Å². The SMILES string of the molecule is C=CC(C)Oc1ccc(C#N)cc1C(F)(F)F. The Kier molecular flexibility index (Phi) is 3.79. The maximum absolute atomic E-state index is 12.7. The summed E-state index contributed by atoms with van der Waals surface area (Å²) in [7, 11) is 0. The highest BCUT2D eigenvalue weighted by molar-refractivity contribution is 5.43. The molecule has 0 radical (unpaired) electrons. The van der Waals surface area contributed by atoms with Gasteiger partial charge >= 0.3 is 6.18 Å². The van der Waals surface area contributed by atoms with Crippen molar-refractivity contribution < 1.29 is 17.9 Å². The zero-order chi connectivity index (χ0) is 13.1. The molecule has 0 spiro atoms. The summed E-state index contributed by atoms with van der Waals surface area (Å²) in [6.45, 7) is 5.00. The number of hydrogen-bond acceptors (Lipinski definition) is 2. The van der Waals surface area contributed by atoms with E-state index in [4.69, 9.17) is 10.00 Å². The van der Waals surface area contributed by atoms with Crippen LogP contribution < -0.4 is 4.74 Å². The highest BCUT2D eigenvalue weighted by Gasteiger charge is 2.35. The molecule has 0 aliphatic carbocycles. The molecule has 1 unspecified atom stereocenters. The fourth-order valence-corrected chi connectivity index (χ4v) is 1.17. The number of alkyl halides is 3. The lowest BCUT2D eigenvalue weighted by atomic mass is 10.1. The van der Waals surface area contributed by atoms with Gasteiger partial charge in [0.25, 0.3) is 0 Å². The average Bonchev–Trinajstić information content (AvgIpc) is 2.28. The molecular formula is C12H10F3NO. The maximum atomic E-state index is 12.7. The summed E-state index contributed by atoms with van der Waals surface area (Å²) in [5, 5.41) is 8.57. The lowest BCUT2D eigenvalue weighted by Crippen LogP contribution is -2.13. The van der Waals surface area contributed by atoms with Gasteiger partial charge < -0.3 is 4.74 Å². The van der Waals surface area contributed by atoms with Crippen LogP contribution in [0, 0.1) is 11.3 Å². The molecule has 1 aromatic rings. The van der Waals surface area contributed by atoms with Crippen molar-refractivity contribution in [3.8, 4) is 11.8 Å². The van der Waals surface area contributed by atoms with Crippen molar-refractivity contribution in [2.24, 2.45) is 0 Å². The van der Waals surface area contributed by atoms with Gasteiger partial charge in [0.15, 0.2) is 0 Å². The molecule has 90 valence electrons. The van der Waals surface area contributed by atoms with Gasteiger partial charge in [-0.3, -0.25) is 0 Å². The Balaban J connectivity index is 3.21. The van der Waals surface area contributed by atoms with E-state index >= 15 is 0 Å². The van der Waals surface area contributed by atoms with E-state index in [1.54, 1.807) is 13.0 Å². The molecule has 0 aromatic heterocycles. The molecule has 0 saturated carbocycles. The van der Waals surface area contributed by atoms with Gasteiger partial charge in [-0.15, -0.1) is 0 Å². The zero-order valence-corrected chi connectivity index (χ0v) is 9.08. The summed E-state index contributed by atoms with van der Waals surface area (Å²) in [5.74, 6) is -0.302. The lowest BCUT2D eigenvalue weighted by molar-refractivity contribution is -0.139. The largest absolute Gasteiger partial charge is 0.486 e. The first-order valence-electron chi connectivity index (χ1n) is 4.79. The molecule has 1 aromatic carbocycles. The summed E-state index contributed by atoms with van der Waals surface area (Å²) in [4.78, 5) is 0. The number of hydrogen-bond donors (Lipinski definition) is 0. The minimum atomic E-state index is -4.55. The minimum Gasteiger partial charge on any atom is -0.486 e. The van der Waals surface area contributed by atoms with Gasteiger partial charge in [-0.25, -0.2) is 0 Å².